The van der Waals surface area contributed by atoms with Gasteiger partial charge in [0.05, 0.1) is 12.1 Å². The Morgan fingerprint density at radius 1 is 1.38 bits per heavy atom. The lowest BCUT2D eigenvalue weighted by Crippen LogP contribution is -2.54. The summed E-state index contributed by atoms with van der Waals surface area (Å²) in [4.78, 5) is 2.47. The van der Waals surface area contributed by atoms with E-state index >= 15 is 0 Å². The molecule has 2 N–H and O–H groups in total. The van der Waals surface area contributed by atoms with Gasteiger partial charge in [-0.05, 0) is 38.8 Å². The van der Waals surface area contributed by atoms with E-state index in [2.05, 4.69) is 31.0 Å². The van der Waals surface area contributed by atoms with Crippen molar-refractivity contribution in [3.8, 4) is 0 Å². The van der Waals surface area contributed by atoms with Crippen LogP contribution in [-0.2, 0) is 0 Å². The van der Waals surface area contributed by atoms with Crippen molar-refractivity contribution in [2.45, 2.75) is 45.6 Å². The second-order valence-corrected chi connectivity index (χ2v) is 5.37. The molecule has 1 unspecified atom stereocenters. The molecule has 0 aromatic heterocycles. The number of nitrogens with zero attached hydrogens (tertiary/aromatic N) is 1. The van der Waals surface area contributed by atoms with Gasteiger partial charge in [-0.25, -0.2) is 0 Å². The first-order chi connectivity index (χ1) is 7.63. The molecule has 96 valence electrons. The highest BCUT2D eigenvalue weighted by Gasteiger charge is 2.27. The molecule has 1 atom stereocenters. The zero-order chi connectivity index (χ0) is 12.0. The van der Waals surface area contributed by atoms with Crippen LogP contribution in [0.1, 0.15) is 40.0 Å². The van der Waals surface area contributed by atoms with E-state index in [0.29, 0.717) is 0 Å². The van der Waals surface area contributed by atoms with Crippen molar-refractivity contribution < 1.29 is 5.11 Å². The molecule has 0 bridgehead atoms. The number of likely N-dealkylation sites (N-methyl/N-ethyl adjacent to an activating group) is 2. The Labute approximate surface area is 100 Å². The zero-order valence-electron chi connectivity index (χ0n) is 11.1. The molecule has 3 heteroatoms. The molecule has 1 fully saturated rings. The SMILES string of the molecule is CCNC(C)(CO)CN(CC)CC1CCC1. The molecule has 0 radical (unpaired) electrons. The lowest BCUT2D eigenvalue weighted by molar-refractivity contribution is 0.102. The van der Waals surface area contributed by atoms with Crippen molar-refractivity contribution in [2.75, 3.05) is 32.8 Å². The largest absolute Gasteiger partial charge is 0.394 e. The van der Waals surface area contributed by atoms with Crippen LogP contribution >= 0.6 is 0 Å². The zero-order valence-corrected chi connectivity index (χ0v) is 11.1. The molecule has 16 heavy (non-hydrogen) atoms. The van der Waals surface area contributed by atoms with Gasteiger partial charge >= 0.3 is 0 Å². The van der Waals surface area contributed by atoms with Crippen LogP contribution in [0.3, 0.4) is 0 Å². The van der Waals surface area contributed by atoms with E-state index in [4.69, 9.17) is 0 Å². The van der Waals surface area contributed by atoms with Gasteiger partial charge in [-0.1, -0.05) is 20.3 Å². The van der Waals surface area contributed by atoms with E-state index in [-0.39, 0.29) is 12.1 Å². The van der Waals surface area contributed by atoms with E-state index in [1.807, 2.05) is 0 Å². The minimum atomic E-state index is -0.144. The fourth-order valence-electron chi connectivity index (χ4n) is 2.43. The monoisotopic (exact) mass is 228 g/mol. The van der Waals surface area contributed by atoms with Gasteiger partial charge in [0.25, 0.3) is 0 Å². The van der Waals surface area contributed by atoms with Gasteiger partial charge in [0.1, 0.15) is 0 Å². The topological polar surface area (TPSA) is 35.5 Å². The van der Waals surface area contributed by atoms with Crippen LogP contribution < -0.4 is 5.32 Å². The molecule has 1 aliphatic rings. The fraction of sp³-hybridized carbons (Fsp3) is 1.00. The number of nitrogens with one attached hydrogen (secondary N) is 1. The van der Waals surface area contributed by atoms with Crippen molar-refractivity contribution in [3.63, 3.8) is 0 Å². The smallest absolute Gasteiger partial charge is 0.0623 e. The Balaban J connectivity index is 2.39. The predicted octanol–water partition coefficient (Wildman–Crippen LogP) is 1.47. The number of hydrogen-bond donors (Lipinski definition) is 2. The van der Waals surface area contributed by atoms with Crippen LogP contribution in [0.25, 0.3) is 0 Å². The van der Waals surface area contributed by atoms with Gasteiger partial charge in [0.15, 0.2) is 0 Å². The average Bonchev–Trinajstić information content (AvgIpc) is 2.22. The van der Waals surface area contributed by atoms with Crippen molar-refractivity contribution in [2.24, 2.45) is 5.92 Å². The van der Waals surface area contributed by atoms with Crippen molar-refractivity contribution in [1.29, 1.82) is 0 Å². The van der Waals surface area contributed by atoms with E-state index in [1.165, 1.54) is 25.8 Å². The van der Waals surface area contributed by atoms with E-state index in [0.717, 1.165) is 25.6 Å². The molecule has 0 aromatic carbocycles. The maximum absolute atomic E-state index is 9.48. The fourth-order valence-corrected chi connectivity index (χ4v) is 2.43. The Kier molecular flexibility index (Phi) is 5.73. The Morgan fingerprint density at radius 2 is 2.06 bits per heavy atom. The van der Waals surface area contributed by atoms with Crippen LogP contribution in [0.4, 0.5) is 0 Å². The first-order valence-electron chi connectivity index (χ1n) is 6.71. The summed E-state index contributed by atoms with van der Waals surface area (Å²) in [6, 6.07) is 0. The summed E-state index contributed by atoms with van der Waals surface area (Å²) in [5.74, 6) is 0.907. The van der Waals surface area contributed by atoms with Crippen LogP contribution in [0.2, 0.25) is 0 Å². The predicted molar refractivity (Wildman–Crippen MR) is 68.6 cm³/mol. The first kappa shape index (κ1) is 13.9. The normalized spacial score (nSPS) is 20.8. The second-order valence-electron chi connectivity index (χ2n) is 5.37. The summed E-state index contributed by atoms with van der Waals surface area (Å²) in [5, 5.41) is 12.9. The van der Waals surface area contributed by atoms with Gasteiger partial charge < -0.3 is 15.3 Å². The number of rotatable bonds is 8. The first-order valence-corrected chi connectivity index (χ1v) is 6.71. The van der Waals surface area contributed by atoms with Crippen molar-refractivity contribution in [1.82, 2.24) is 10.2 Å². The maximum atomic E-state index is 9.48. The van der Waals surface area contributed by atoms with Gasteiger partial charge in [0.2, 0.25) is 0 Å². The quantitative estimate of drug-likeness (QED) is 0.660. The summed E-state index contributed by atoms with van der Waals surface area (Å²) in [7, 11) is 0. The lowest BCUT2D eigenvalue weighted by atomic mass is 9.85. The molecule has 0 aliphatic heterocycles. The van der Waals surface area contributed by atoms with Gasteiger partial charge in [-0.3, -0.25) is 0 Å². The molecule has 0 saturated heterocycles. The molecule has 1 aliphatic carbocycles. The lowest BCUT2D eigenvalue weighted by Gasteiger charge is -2.38. The minimum Gasteiger partial charge on any atom is -0.394 e. The summed E-state index contributed by atoms with van der Waals surface area (Å²) >= 11 is 0. The van der Waals surface area contributed by atoms with Gasteiger partial charge in [-0.2, -0.15) is 0 Å². The summed E-state index contributed by atoms with van der Waals surface area (Å²) < 4.78 is 0. The van der Waals surface area contributed by atoms with Crippen LogP contribution in [0.5, 0.6) is 0 Å². The standard InChI is InChI=1S/C13H28N2O/c1-4-14-13(3,11-16)10-15(5-2)9-12-7-6-8-12/h12,14,16H,4-11H2,1-3H3. The molecule has 0 heterocycles. The third kappa shape index (κ3) is 4.04. The maximum Gasteiger partial charge on any atom is 0.0623 e. The van der Waals surface area contributed by atoms with E-state index in [1.54, 1.807) is 0 Å². The van der Waals surface area contributed by atoms with Crippen molar-refractivity contribution in [3.05, 3.63) is 0 Å². The molecule has 1 saturated carbocycles. The molecule has 1 rings (SSSR count). The molecule has 0 spiro atoms. The highest BCUT2D eigenvalue weighted by molar-refractivity contribution is 4.86. The average molecular weight is 228 g/mol. The summed E-state index contributed by atoms with van der Waals surface area (Å²) in [6.07, 6.45) is 4.20. The van der Waals surface area contributed by atoms with Crippen molar-refractivity contribution >= 4 is 0 Å². The third-order valence-corrected chi connectivity index (χ3v) is 3.71. The second kappa shape index (κ2) is 6.58. The number of aliphatic hydroxyl groups excluding tert-OH is 1. The molecule has 0 aromatic rings. The molecule has 0 amide bonds. The minimum absolute atomic E-state index is 0.144. The van der Waals surface area contributed by atoms with Crippen LogP contribution in [-0.4, -0.2) is 48.3 Å². The van der Waals surface area contributed by atoms with Crippen LogP contribution in [0.15, 0.2) is 0 Å². The van der Waals surface area contributed by atoms with E-state index < -0.39 is 0 Å². The molecular formula is C13H28N2O. The van der Waals surface area contributed by atoms with Gasteiger partial charge in [-0.15, -0.1) is 0 Å². The van der Waals surface area contributed by atoms with E-state index in [9.17, 15) is 5.11 Å². The highest BCUT2D eigenvalue weighted by Crippen LogP contribution is 2.27. The third-order valence-electron chi connectivity index (χ3n) is 3.71. The highest BCUT2D eigenvalue weighted by atomic mass is 16.3. The van der Waals surface area contributed by atoms with Crippen LogP contribution in [0, 0.1) is 5.92 Å². The Morgan fingerprint density at radius 3 is 2.44 bits per heavy atom. The number of hydrogen-bond acceptors (Lipinski definition) is 3. The van der Waals surface area contributed by atoms with Gasteiger partial charge in [0, 0.05) is 13.1 Å². The summed E-state index contributed by atoms with van der Waals surface area (Å²) in [6.45, 7) is 10.8. The molecular weight excluding hydrogens is 200 g/mol. The Hall–Kier alpha value is -0.120. The Bertz CT molecular complexity index is 194. The number of aliphatic hydroxyl groups is 1. The summed E-state index contributed by atoms with van der Waals surface area (Å²) in [5.41, 5.74) is -0.144. The molecule has 3 nitrogen and oxygen atoms in total.